The lowest BCUT2D eigenvalue weighted by molar-refractivity contribution is -0.116. The minimum absolute atomic E-state index is 0.0706. The molecule has 0 aliphatic carbocycles. The highest BCUT2D eigenvalue weighted by Gasteiger charge is 2.39. The molecule has 7 heteroatoms. The van der Waals surface area contributed by atoms with Crippen molar-refractivity contribution in [3.05, 3.63) is 42.7 Å². The Labute approximate surface area is 156 Å². The lowest BCUT2D eigenvalue weighted by Crippen LogP contribution is -2.17. The third-order valence-electron chi connectivity index (χ3n) is 4.51. The summed E-state index contributed by atoms with van der Waals surface area (Å²) < 4.78 is 0. The first-order valence-electron chi connectivity index (χ1n) is 8.75. The standard InChI is InChI=1S/C20H18N6O/c1-2-3-9-20(25-26-20)10-8-18(27)22-15-6-7-16-17(12-15)24-19(23-16)14-5-4-11-21-13-14/h1,4-7,11-13H,3,8-10H2,(H,22,27)(H,23,24). The Balaban J connectivity index is 1.40. The molecule has 134 valence electrons. The molecule has 3 aromatic rings. The van der Waals surface area contributed by atoms with Gasteiger partial charge in [-0.15, -0.1) is 12.3 Å². The number of carbonyl (C=O) groups is 1. The molecule has 7 nitrogen and oxygen atoms in total. The molecule has 1 aliphatic heterocycles. The molecule has 1 amide bonds. The molecule has 0 saturated carbocycles. The van der Waals surface area contributed by atoms with E-state index in [9.17, 15) is 4.79 Å². The van der Waals surface area contributed by atoms with E-state index in [4.69, 9.17) is 6.42 Å². The maximum absolute atomic E-state index is 12.3. The first-order valence-corrected chi connectivity index (χ1v) is 8.75. The van der Waals surface area contributed by atoms with Gasteiger partial charge in [-0.2, -0.15) is 10.2 Å². The monoisotopic (exact) mass is 358 g/mol. The number of aromatic nitrogens is 3. The molecule has 2 N–H and O–H groups in total. The van der Waals surface area contributed by atoms with Gasteiger partial charge in [0.05, 0.1) is 11.0 Å². The summed E-state index contributed by atoms with van der Waals surface area (Å²) in [5.41, 5.74) is 2.88. The first kappa shape index (κ1) is 16.9. The van der Waals surface area contributed by atoms with Crippen LogP contribution in [0.2, 0.25) is 0 Å². The molecule has 4 rings (SSSR count). The fraction of sp³-hybridized carbons (Fsp3) is 0.250. The second-order valence-electron chi connectivity index (χ2n) is 6.49. The number of hydrogen-bond acceptors (Lipinski definition) is 5. The van der Waals surface area contributed by atoms with E-state index in [0.717, 1.165) is 28.1 Å². The van der Waals surface area contributed by atoms with Crippen LogP contribution >= 0.6 is 0 Å². The zero-order valence-electron chi connectivity index (χ0n) is 14.6. The van der Waals surface area contributed by atoms with Gasteiger partial charge >= 0.3 is 0 Å². The van der Waals surface area contributed by atoms with Gasteiger partial charge in [0, 0.05) is 49.3 Å². The first-order chi connectivity index (χ1) is 13.2. The predicted molar refractivity (Wildman–Crippen MR) is 103 cm³/mol. The highest BCUT2D eigenvalue weighted by molar-refractivity contribution is 5.93. The number of pyridine rings is 1. The summed E-state index contributed by atoms with van der Waals surface area (Å²) in [4.78, 5) is 24.2. The smallest absolute Gasteiger partial charge is 0.224 e. The van der Waals surface area contributed by atoms with Crippen molar-refractivity contribution in [3.8, 4) is 23.7 Å². The maximum atomic E-state index is 12.3. The molecule has 1 aliphatic rings. The van der Waals surface area contributed by atoms with Crippen LogP contribution in [0.4, 0.5) is 5.69 Å². The molecular weight excluding hydrogens is 340 g/mol. The summed E-state index contributed by atoms with van der Waals surface area (Å²) in [6, 6.07) is 9.40. The molecule has 1 aromatic carbocycles. The van der Waals surface area contributed by atoms with Crippen molar-refractivity contribution < 1.29 is 4.79 Å². The summed E-state index contributed by atoms with van der Waals surface area (Å²) in [5.74, 6) is 3.26. The molecule has 0 bridgehead atoms. The number of nitrogens with zero attached hydrogens (tertiary/aromatic N) is 4. The molecule has 27 heavy (non-hydrogen) atoms. The molecule has 0 atom stereocenters. The van der Waals surface area contributed by atoms with Gasteiger partial charge < -0.3 is 10.3 Å². The highest BCUT2D eigenvalue weighted by atomic mass is 16.1. The van der Waals surface area contributed by atoms with Crippen LogP contribution in [0.1, 0.15) is 25.7 Å². The number of H-pyrrole nitrogens is 1. The average molecular weight is 358 g/mol. The van der Waals surface area contributed by atoms with Crippen LogP contribution < -0.4 is 5.32 Å². The second kappa shape index (κ2) is 7.00. The normalized spacial score (nSPS) is 14.0. The van der Waals surface area contributed by atoms with Crippen molar-refractivity contribution >= 4 is 22.6 Å². The summed E-state index contributed by atoms with van der Waals surface area (Å²) >= 11 is 0. The largest absolute Gasteiger partial charge is 0.338 e. The van der Waals surface area contributed by atoms with Crippen LogP contribution in [0.5, 0.6) is 0 Å². The van der Waals surface area contributed by atoms with Gasteiger partial charge in [-0.3, -0.25) is 9.78 Å². The Bertz CT molecular complexity index is 1040. The van der Waals surface area contributed by atoms with Gasteiger partial charge in [-0.25, -0.2) is 4.98 Å². The number of amides is 1. The van der Waals surface area contributed by atoms with Crippen LogP contribution in [0, 0.1) is 12.3 Å². The molecule has 0 spiro atoms. The quantitative estimate of drug-likeness (QED) is 0.627. The fourth-order valence-electron chi connectivity index (χ4n) is 2.93. The Morgan fingerprint density at radius 3 is 2.89 bits per heavy atom. The highest BCUT2D eigenvalue weighted by Crippen LogP contribution is 2.37. The van der Waals surface area contributed by atoms with Crippen LogP contribution in [0.15, 0.2) is 53.0 Å². The van der Waals surface area contributed by atoms with E-state index in [1.165, 1.54) is 0 Å². The van der Waals surface area contributed by atoms with Crippen LogP contribution in [-0.2, 0) is 4.79 Å². The summed E-state index contributed by atoms with van der Waals surface area (Å²) in [6.45, 7) is 0. The Morgan fingerprint density at radius 2 is 2.15 bits per heavy atom. The van der Waals surface area contributed by atoms with Gasteiger partial charge in [0.1, 0.15) is 5.82 Å². The Morgan fingerprint density at radius 1 is 1.26 bits per heavy atom. The van der Waals surface area contributed by atoms with Crippen molar-refractivity contribution in [1.82, 2.24) is 15.0 Å². The van der Waals surface area contributed by atoms with E-state index in [1.54, 1.807) is 12.4 Å². The van der Waals surface area contributed by atoms with E-state index in [-0.39, 0.29) is 5.91 Å². The van der Waals surface area contributed by atoms with E-state index >= 15 is 0 Å². The molecule has 2 aromatic heterocycles. The van der Waals surface area contributed by atoms with Crippen molar-refractivity contribution in [2.75, 3.05) is 5.32 Å². The number of terminal acetylenes is 1. The fourth-order valence-corrected chi connectivity index (χ4v) is 2.93. The molecule has 0 fully saturated rings. The van der Waals surface area contributed by atoms with Crippen LogP contribution in [0.3, 0.4) is 0 Å². The Hall–Kier alpha value is -3.53. The van der Waals surface area contributed by atoms with Crippen molar-refractivity contribution in [1.29, 1.82) is 0 Å². The number of carbonyl (C=O) groups excluding carboxylic acids is 1. The number of nitrogens with one attached hydrogen (secondary N) is 2. The second-order valence-corrected chi connectivity index (χ2v) is 6.49. The molecule has 0 unspecified atom stereocenters. The number of benzene rings is 1. The maximum Gasteiger partial charge on any atom is 0.224 e. The summed E-state index contributed by atoms with van der Waals surface area (Å²) in [7, 11) is 0. The van der Waals surface area contributed by atoms with E-state index in [0.29, 0.717) is 25.7 Å². The third-order valence-corrected chi connectivity index (χ3v) is 4.51. The number of rotatable bonds is 7. The summed E-state index contributed by atoms with van der Waals surface area (Å²) in [6.07, 6.45) is 11.0. The zero-order chi connectivity index (χ0) is 18.7. The summed E-state index contributed by atoms with van der Waals surface area (Å²) in [5, 5.41) is 11.0. The SMILES string of the molecule is C#CCCC1(CCC(=O)Nc2ccc3nc(-c4cccnc4)[nH]c3c2)N=N1. The van der Waals surface area contributed by atoms with Gasteiger partial charge in [0.25, 0.3) is 0 Å². The molecule has 0 saturated heterocycles. The number of imidazole rings is 1. The van der Waals surface area contributed by atoms with Crippen LogP contribution in [0.25, 0.3) is 22.4 Å². The minimum Gasteiger partial charge on any atom is -0.338 e. The van der Waals surface area contributed by atoms with Crippen molar-refractivity contribution in [2.45, 2.75) is 31.3 Å². The molecular formula is C20H18N6O. The van der Waals surface area contributed by atoms with Gasteiger partial charge in [0.15, 0.2) is 5.66 Å². The van der Waals surface area contributed by atoms with Crippen LogP contribution in [-0.4, -0.2) is 26.5 Å². The van der Waals surface area contributed by atoms with Crippen molar-refractivity contribution in [2.24, 2.45) is 10.2 Å². The molecule has 3 heterocycles. The number of anilines is 1. The number of fused-ring (bicyclic) bond motifs is 1. The third kappa shape index (κ3) is 3.85. The number of hydrogen-bond donors (Lipinski definition) is 2. The predicted octanol–water partition coefficient (Wildman–Crippen LogP) is 3.92. The number of aromatic amines is 1. The van der Waals surface area contributed by atoms with Crippen molar-refractivity contribution in [3.63, 3.8) is 0 Å². The van der Waals surface area contributed by atoms with E-state index < -0.39 is 5.66 Å². The lowest BCUT2D eigenvalue weighted by Gasteiger charge is -2.09. The van der Waals surface area contributed by atoms with Gasteiger partial charge in [0.2, 0.25) is 5.91 Å². The minimum atomic E-state index is -0.435. The van der Waals surface area contributed by atoms with E-state index in [1.807, 2.05) is 30.3 Å². The average Bonchev–Trinajstić information content (AvgIpc) is 3.34. The van der Waals surface area contributed by atoms with Gasteiger partial charge in [-0.1, -0.05) is 0 Å². The lowest BCUT2D eigenvalue weighted by atomic mass is 10.0. The zero-order valence-corrected chi connectivity index (χ0v) is 14.6. The topological polar surface area (TPSA) is 95.4 Å². The Kier molecular flexibility index (Phi) is 4.38. The molecule has 0 radical (unpaired) electrons. The van der Waals surface area contributed by atoms with E-state index in [2.05, 4.69) is 36.4 Å². The van der Waals surface area contributed by atoms with Gasteiger partial charge in [-0.05, 0) is 30.3 Å².